The normalized spacial score (nSPS) is 11.7. The first-order valence-corrected chi connectivity index (χ1v) is 9.77. The SMILES string of the molecule is C[C@H](Nc1ncnc(N)c1C#N)c1c(-c2ccccc2)c(=O)n2cc(F)ccc2c1C(=O)O. The van der Waals surface area contributed by atoms with Crippen molar-refractivity contribution in [3.63, 3.8) is 0 Å². The lowest BCUT2D eigenvalue weighted by molar-refractivity contribution is 0.0697. The number of carboxylic acids is 1. The number of carbonyl (C=O) groups is 1. The van der Waals surface area contributed by atoms with E-state index in [9.17, 15) is 24.3 Å². The van der Waals surface area contributed by atoms with Gasteiger partial charge in [-0.3, -0.25) is 9.20 Å². The van der Waals surface area contributed by atoms with E-state index >= 15 is 0 Å². The molecule has 0 amide bonds. The van der Waals surface area contributed by atoms with E-state index in [1.165, 1.54) is 12.4 Å². The fraction of sp³-hybridized carbons (Fsp3) is 0.0870. The molecule has 9 nitrogen and oxygen atoms in total. The summed E-state index contributed by atoms with van der Waals surface area (Å²) in [6, 6.07) is 11.9. The summed E-state index contributed by atoms with van der Waals surface area (Å²) in [6.07, 6.45) is 2.12. The van der Waals surface area contributed by atoms with Gasteiger partial charge >= 0.3 is 5.97 Å². The summed E-state index contributed by atoms with van der Waals surface area (Å²) in [5.41, 5.74) is 5.69. The van der Waals surface area contributed by atoms with Crippen LogP contribution in [-0.2, 0) is 0 Å². The second-order valence-electron chi connectivity index (χ2n) is 7.20. The number of benzene rings is 1. The lowest BCUT2D eigenvalue weighted by Crippen LogP contribution is -2.26. The molecule has 1 atom stereocenters. The Labute approximate surface area is 186 Å². The summed E-state index contributed by atoms with van der Waals surface area (Å²) in [5, 5.41) is 22.5. The van der Waals surface area contributed by atoms with Gasteiger partial charge in [-0.1, -0.05) is 30.3 Å². The fourth-order valence-electron chi connectivity index (χ4n) is 3.78. The highest BCUT2D eigenvalue weighted by Crippen LogP contribution is 2.33. The maximum Gasteiger partial charge on any atom is 0.338 e. The summed E-state index contributed by atoms with van der Waals surface area (Å²) in [5.74, 6) is -1.94. The number of aromatic carboxylic acids is 1. The molecule has 1 aromatic carbocycles. The minimum atomic E-state index is -1.30. The number of halogens is 1. The van der Waals surface area contributed by atoms with Crippen LogP contribution in [0.2, 0.25) is 0 Å². The van der Waals surface area contributed by atoms with Crippen molar-refractivity contribution in [3.8, 4) is 17.2 Å². The molecule has 4 N–H and O–H groups in total. The predicted molar refractivity (Wildman–Crippen MR) is 119 cm³/mol. The van der Waals surface area contributed by atoms with E-state index in [-0.39, 0.29) is 39.4 Å². The molecular weight excluding hydrogens is 427 g/mol. The van der Waals surface area contributed by atoms with Crippen molar-refractivity contribution in [1.29, 1.82) is 5.26 Å². The van der Waals surface area contributed by atoms with Crippen LogP contribution in [0.1, 0.15) is 34.5 Å². The number of nitrogen functional groups attached to an aromatic ring is 1. The van der Waals surface area contributed by atoms with E-state index < -0.39 is 23.4 Å². The maximum atomic E-state index is 14.0. The van der Waals surface area contributed by atoms with Gasteiger partial charge in [-0.05, 0) is 24.6 Å². The molecule has 33 heavy (non-hydrogen) atoms. The Morgan fingerprint density at radius 1 is 1.24 bits per heavy atom. The van der Waals surface area contributed by atoms with Gasteiger partial charge in [-0.2, -0.15) is 5.26 Å². The summed E-state index contributed by atoms with van der Waals surface area (Å²) in [6.45, 7) is 1.63. The molecule has 0 radical (unpaired) electrons. The summed E-state index contributed by atoms with van der Waals surface area (Å²) < 4.78 is 15.0. The first-order chi connectivity index (χ1) is 15.8. The minimum absolute atomic E-state index is 0.0120. The standard InChI is InChI=1S/C23H17FN6O3/c1-12(29-21-15(9-25)20(26)27-11-28-21)17-18(13-5-3-2-4-6-13)22(31)30-10-14(24)7-8-16(30)19(17)23(32)33/h2-8,10-12H,1H3,(H,32,33)(H3,26,27,28,29)/t12-/m0/s1. The number of hydrogen-bond donors (Lipinski definition) is 3. The first-order valence-electron chi connectivity index (χ1n) is 9.77. The van der Waals surface area contributed by atoms with Crippen LogP contribution < -0.4 is 16.6 Å². The second-order valence-corrected chi connectivity index (χ2v) is 7.20. The molecule has 4 aromatic rings. The van der Waals surface area contributed by atoms with Crippen molar-refractivity contribution >= 4 is 23.1 Å². The molecule has 0 saturated heterocycles. The maximum absolute atomic E-state index is 14.0. The van der Waals surface area contributed by atoms with E-state index in [1.807, 2.05) is 6.07 Å². The molecule has 0 aliphatic heterocycles. The molecule has 164 valence electrons. The van der Waals surface area contributed by atoms with Gasteiger partial charge in [0.2, 0.25) is 0 Å². The molecule has 0 aliphatic rings. The van der Waals surface area contributed by atoms with Crippen LogP contribution in [-0.4, -0.2) is 25.4 Å². The van der Waals surface area contributed by atoms with E-state index in [2.05, 4.69) is 15.3 Å². The van der Waals surface area contributed by atoms with Crippen LogP contribution in [0.5, 0.6) is 0 Å². The van der Waals surface area contributed by atoms with Crippen LogP contribution in [0.15, 0.2) is 59.8 Å². The molecule has 0 unspecified atom stereocenters. The number of hydrogen-bond acceptors (Lipinski definition) is 7. The van der Waals surface area contributed by atoms with Gasteiger partial charge in [0.05, 0.1) is 22.7 Å². The third-order valence-corrected chi connectivity index (χ3v) is 5.19. The van der Waals surface area contributed by atoms with E-state index in [1.54, 1.807) is 37.3 Å². The average Bonchev–Trinajstić information content (AvgIpc) is 2.79. The number of pyridine rings is 2. The number of nitriles is 1. The van der Waals surface area contributed by atoms with Crippen LogP contribution in [0.25, 0.3) is 16.6 Å². The second kappa shape index (κ2) is 8.39. The van der Waals surface area contributed by atoms with Crippen LogP contribution >= 0.6 is 0 Å². The third-order valence-electron chi connectivity index (χ3n) is 5.19. The number of nitrogens with zero attached hydrogens (tertiary/aromatic N) is 4. The third kappa shape index (κ3) is 3.72. The first kappa shape index (κ1) is 21.5. The van der Waals surface area contributed by atoms with Gasteiger partial charge < -0.3 is 16.2 Å². The Morgan fingerprint density at radius 2 is 1.97 bits per heavy atom. The Kier molecular flexibility index (Phi) is 5.46. The van der Waals surface area contributed by atoms with E-state index in [0.29, 0.717) is 5.56 Å². The van der Waals surface area contributed by atoms with Gasteiger partial charge in [0.25, 0.3) is 5.56 Å². The largest absolute Gasteiger partial charge is 0.478 e. The predicted octanol–water partition coefficient (Wildman–Crippen LogP) is 3.22. The number of anilines is 2. The molecule has 10 heteroatoms. The molecule has 3 aromatic heterocycles. The molecule has 0 spiro atoms. The van der Waals surface area contributed by atoms with Gasteiger partial charge in [-0.25, -0.2) is 19.2 Å². The van der Waals surface area contributed by atoms with Crippen molar-refractivity contribution < 1.29 is 14.3 Å². The zero-order chi connectivity index (χ0) is 23.7. The summed E-state index contributed by atoms with van der Waals surface area (Å²) >= 11 is 0. The van der Waals surface area contributed by atoms with Crippen LogP contribution in [0, 0.1) is 17.1 Å². The van der Waals surface area contributed by atoms with Crippen LogP contribution in [0.3, 0.4) is 0 Å². The molecule has 0 fully saturated rings. The van der Waals surface area contributed by atoms with Gasteiger partial charge in [-0.15, -0.1) is 0 Å². The van der Waals surface area contributed by atoms with Gasteiger partial charge in [0.1, 0.15) is 35.4 Å². The minimum Gasteiger partial charge on any atom is -0.478 e. The Morgan fingerprint density at radius 3 is 2.64 bits per heavy atom. The fourth-order valence-corrected chi connectivity index (χ4v) is 3.78. The summed E-state index contributed by atoms with van der Waals surface area (Å²) in [7, 11) is 0. The Bertz CT molecular complexity index is 1490. The average molecular weight is 444 g/mol. The lowest BCUT2D eigenvalue weighted by Gasteiger charge is -2.23. The van der Waals surface area contributed by atoms with Crippen molar-refractivity contribution in [1.82, 2.24) is 14.4 Å². The monoisotopic (exact) mass is 444 g/mol. The van der Waals surface area contributed by atoms with Gasteiger partial charge in [0.15, 0.2) is 0 Å². The smallest absolute Gasteiger partial charge is 0.338 e. The number of aromatic nitrogens is 3. The number of fused-ring (bicyclic) bond motifs is 1. The lowest BCUT2D eigenvalue weighted by atomic mass is 9.91. The topological polar surface area (TPSA) is 146 Å². The molecule has 0 bridgehead atoms. The zero-order valence-electron chi connectivity index (χ0n) is 17.3. The van der Waals surface area contributed by atoms with Crippen molar-refractivity contribution in [3.05, 3.63) is 87.9 Å². The number of rotatable bonds is 5. The highest BCUT2D eigenvalue weighted by atomic mass is 19.1. The number of carboxylic acid groups (broad SMARTS) is 1. The Hall–Kier alpha value is -4.78. The quantitative estimate of drug-likeness (QED) is 0.425. The molecular formula is C23H17FN6O3. The summed E-state index contributed by atoms with van der Waals surface area (Å²) in [4.78, 5) is 33.7. The van der Waals surface area contributed by atoms with E-state index in [4.69, 9.17) is 5.73 Å². The molecule has 0 saturated carbocycles. The highest BCUT2D eigenvalue weighted by Gasteiger charge is 2.28. The molecule has 4 rings (SSSR count). The molecule has 0 aliphatic carbocycles. The zero-order valence-corrected chi connectivity index (χ0v) is 17.3. The Balaban J connectivity index is 2.06. The van der Waals surface area contributed by atoms with Crippen molar-refractivity contribution in [2.45, 2.75) is 13.0 Å². The van der Waals surface area contributed by atoms with Crippen LogP contribution in [0.4, 0.5) is 16.0 Å². The highest BCUT2D eigenvalue weighted by molar-refractivity contribution is 6.00. The van der Waals surface area contributed by atoms with Crippen molar-refractivity contribution in [2.24, 2.45) is 0 Å². The van der Waals surface area contributed by atoms with Crippen molar-refractivity contribution in [2.75, 3.05) is 11.1 Å². The molecule has 3 heterocycles. The number of nitrogens with one attached hydrogen (secondary N) is 1. The number of nitrogens with two attached hydrogens (primary N) is 1. The van der Waals surface area contributed by atoms with E-state index in [0.717, 1.165) is 16.7 Å². The van der Waals surface area contributed by atoms with Gasteiger partial charge in [0, 0.05) is 11.8 Å².